The molecular formula is C9H11LiNO2+. The van der Waals surface area contributed by atoms with E-state index in [0.717, 1.165) is 5.56 Å². The average Bonchev–Trinajstić information content (AvgIpc) is 2.06. The second-order valence-corrected chi connectivity index (χ2v) is 2.63. The largest absolute Gasteiger partial charge is 1.00 e. The van der Waals surface area contributed by atoms with Gasteiger partial charge < -0.3 is 10.8 Å². The smallest absolute Gasteiger partial charge is 0.480 e. The number of aliphatic carboxylic acids is 1. The molecule has 0 aliphatic carbocycles. The van der Waals surface area contributed by atoms with Gasteiger partial charge in [-0.1, -0.05) is 30.3 Å². The van der Waals surface area contributed by atoms with Gasteiger partial charge in [-0.2, -0.15) is 0 Å². The van der Waals surface area contributed by atoms with Gasteiger partial charge in [0.25, 0.3) is 0 Å². The number of nitrogens with two attached hydrogens (primary N) is 1. The van der Waals surface area contributed by atoms with Crippen molar-refractivity contribution in [2.75, 3.05) is 0 Å². The van der Waals surface area contributed by atoms with E-state index < -0.39 is 12.0 Å². The summed E-state index contributed by atoms with van der Waals surface area (Å²) in [5.74, 6) is -0.959. The number of rotatable bonds is 3. The number of carboxylic acids is 1. The normalized spacial score (nSPS) is 11.5. The molecule has 0 saturated heterocycles. The Bertz CT molecular complexity index is 264. The van der Waals surface area contributed by atoms with Crippen LogP contribution in [-0.4, -0.2) is 17.1 Å². The van der Waals surface area contributed by atoms with Crippen molar-refractivity contribution in [3.63, 3.8) is 0 Å². The minimum atomic E-state index is -0.959. The Morgan fingerprint density at radius 3 is 2.38 bits per heavy atom. The van der Waals surface area contributed by atoms with Crippen LogP contribution in [0, 0.1) is 0 Å². The van der Waals surface area contributed by atoms with E-state index in [0.29, 0.717) is 6.42 Å². The Morgan fingerprint density at radius 2 is 1.92 bits per heavy atom. The molecule has 0 aromatic heterocycles. The second kappa shape index (κ2) is 5.82. The van der Waals surface area contributed by atoms with Crippen molar-refractivity contribution in [1.82, 2.24) is 0 Å². The van der Waals surface area contributed by atoms with E-state index in [1.807, 2.05) is 30.3 Å². The monoisotopic (exact) mass is 172 g/mol. The summed E-state index contributed by atoms with van der Waals surface area (Å²) in [6.45, 7) is 0. The Hall–Kier alpha value is -0.753. The van der Waals surface area contributed by atoms with Crippen LogP contribution in [0.25, 0.3) is 0 Å². The molecule has 13 heavy (non-hydrogen) atoms. The van der Waals surface area contributed by atoms with Crippen molar-refractivity contribution in [3.05, 3.63) is 35.9 Å². The van der Waals surface area contributed by atoms with E-state index in [2.05, 4.69) is 0 Å². The maximum Gasteiger partial charge on any atom is 1.00 e. The van der Waals surface area contributed by atoms with Crippen LogP contribution in [0.1, 0.15) is 5.56 Å². The molecule has 1 atom stereocenters. The average molecular weight is 172 g/mol. The van der Waals surface area contributed by atoms with Gasteiger partial charge >= 0.3 is 24.8 Å². The number of carboxylic acid groups (broad SMARTS) is 1. The molecule has 1 rings (SSSR count). The number of hydrogen-bond donors (Lipinski definition) is 2. The zero-order chi connectivity index (χ0) is 8.97. The van der Waals surface area contributed by atoms with E-state index in [9.17, 15) is 4.79 Å². The predicted molar refractivity (Wildman–Crippen MR) is 45.8 cm³/mol. The number of hydrogen-bond acceptors (Lipinski definition) is 2. The van der Waals surface area contributed by atoms with Gasteiger partial charge in [-0.15, -0.1) is 0 Å². The van der Waals surface area contributed by atoms with E-state index in [1.165, 1.54) is 0 Å². The molecule has 0 aliphatic rings. The van der Waals surface area contributed by atoms with E-state index >= 15 is 0 Å². The van der Waals surface area contributed by atoms with Gasteiger partial charge in [0.2, 0.25) is 0 Å². The molecular weight excluding hydrogens is 161 g/mol. The zero-order valence-corrected chi connectivity index (χ0v) is 7.60. The summed E-state index contributed by atoms with van der Waals surface area (Å²) in [5.41, 5.74) is 6.30. The molecule has 0 spiro atoms. The first-order chi connectivity index (χ1) is 5.70. The molecule has 0 radical (unpaired) electrons. The maximum absolute atomic E-state index is 10.4. The van der Waals surface area contributed by atoms with Gasteiger partial charge in [-0.25, -0.2) is 0 Å². The van der Waals surface area contributed by atoms with Crippen molar-refractivity contribution in [2.24, 2.45) is 5.73 Å². The van der Waals surface area contributed by atoms with Gasteiger partial charge in [0.1, 0.15) is 6.04 Å². The minimum Gasteiger partial charge on any atom is -0.480 e. The molecule has 3 N–H and O–H groups in total. The summed E-state index contributed by atoms with van der Waals surface area (Å²) in [6.07, 6.45) is 0.385. The molecule has 1 aromatic rings. The van der Waals surface area contributed by atoms with Crippen LogP contribution in [0.5, 0.6) is 0 Å². The van der Waals surface area contributed by atoms with Gasteiger partial charge in [0.05, 0.1) is 0 Å². The molecule has 0 heterocycles. The van der Waals surface area contributed by atoms with Crippen molar-refractivity contribution in [3.8, 4) is 0 Å². The van der Waals surface area contributed by atoms with Crippen molar-refractivity contribution >= 4 is 5.97 Å². The van der Waals surface area contributed by atoms with Crippen molar-refractivity contribution in [1.29, 1.82) is 0 Å². The molecule has 0 fully saturated rings. The summed E-state index contributed by atoms with van der Waals surface area (Å²) < 4.78 is 0. The van der Waals surface area contributed by atoms with Crippen LogP contribution in [0.4, 0.5) is 0 Å². The molecule has 4 heteroatoms. The number of benzene rings is 1. The summed E-state index contributed by atoms with van der Waals surface area (Å²) in [7, 11) is 0. The first-order valence-corrected chi connectivity index (χ1v) is 3.72. The van der Waals surface area contributed by atoms with E-state index in [4.69, 9.17) is 10.8 Å². The standard InChI is InChI=1S/C9H11NO2.Li/c10-8(9(11)12)6-7-4-2-1-3-5-7;/h1-5,8H,6,10H2,(H,11,12);/q;+1. The zero-order valence-electron chi connectivity index (χ0n) is 7.60. The summed E-state index contributed by atoms with van der Waals surface area (Å²) >= 11 is 0. The van der Waals surface area contributed by atoms with Gasteiger partial charge in [-0.05, 0) is 12.0 Å². The molecule has 0 aliphatic heterocycles. The van der Waals surface area contributed by atoms with Crippen LogP contribution in [-0.2, 0) is 11.2 Å². The second-order valence-electron chi connectivity index (χ2n) is 2.63. The third kappa shape index (κ3) is 4.14. The Morgan fingerprint density at radius 1 is 1.38 bits per heavy atom. The molecule has 1 unspecified atom stereocenters. The third-order valence-corrected chi connectivity index (χ3v) is 1.62. The Kier molecular flexibility index (Phi) is 5.48. The minimum absolute atomic E-state index is 0. The Balaban J connectivity index is 0.00000144. The van der Waals surface area contributed by atoms with Crippen LogP contribution >= 0.6 is 0 Å². The molecule has 64 valence electrons. The van der Waals surface area contributed by atoms with Crippen LogP contribution in [0.15, 0.2) is 30.3 Å². The fraction of sp³-hybridized carbons (Fsp3) is 0.222. The van der Waals surface area contributed by atoms with Gasteiger partial charge in [0.15, 0.2) is 0 Å². The van der Waals surface area contributed by atoms with Crippen LogP contribution in [0.3, 0.4) is 0 Å². The molecule has 0 bridgehead atoms. The first-order valence-electron chi connectivity index (χ1n) is 3.72. The molecule has 3 nitrogen and oxygen atoms in total. The quantitative estimate of drug-likeness (QED) is 0.501. The Labute approximate surface area is 89.1 Å². The van der Waals surface area contributed by atoms with Gasteiger partial charge in [-0.3, -0.25) is 4.79 Å². The van der Waals surface area contributed by atoms with Crippen LogP contribution < -0.4 is 24.6 Å². The van der Waals surface area contributed by atoms with Crippen molar-refractivity contribution < 1.29 is 28.8 Å². The van der Waals surface area contributed by atoms with E-state index in [-0.39, 0.29) is 18.9 Å². The van der Waals surface area contributed by atoms with Crippen LogP contribution in [0.2, 0.25) is 0 Å². The maximum atomic E-state index is 10.4. The fourth-order valence-electron chi connectivity index (χ4n) is 0.955. The third-order valence-electron chi connectivity index (χ3n) is 1.62. The summed E-state index contributed by atoms with van der Waals surface area (Å²) in [5, 5.41) is 8.52. The van der Waals surface area contributed by atoms with E-state index in [1.54, 1.807) is 0 Å². The van der Waals surface area contributed by atoms with Crippen molar-refractivity contribution in [2.45, 2.75) is 12.5 Å². The fourth-order valence-corrected chi connectivity index (χ4v) is 0.955. The molecule has 1 aromatic carbocycles. The summed E-state index contributed by atoms with van der Waals surface area (Å²) in [4.78, 5) is 10.4. The SMILES string of the molecule is NC(Cc1ccccc1)C(=O)O.[Li+]. The number of carbonyl (C=O) groups is 1. The molecule has 0 amide bonds. The predicted octanol–water partition coefficient (Wildman–Crippen LogP) is -2.35. The topological polar surface area (TPSA) is 63.3 Å². The first kappa shape index (κ1) is 12.2. The van der Waals surface area contributed by atoms with Gasteiger partial charge in [0, 0.05) is 0 Å². The summed E-state index contributed by atoms with van der Waals surface area (Å²) in [6, 6.07) is 8.54. The molecule has 0 saturated carbocycles.